The molecule has 7 heteroatoms. The van der Waals surface area contributed by atoms with Crippen LogP contribution in [0.4, 0.5) is 0 Å². The van der Waals surface area contributed by atoms with Crippen LogP contribution in [0.25, 0.3) is 5.65 Å². The van der Waals surface area contributed by atoms with E-state index < -0.39 is 17.9 Å². The predicted molar refractivity (Wildman–Crippen MR) is 70.2 cm³/mol. The molecule has 1 amide bonds. The molecule has 1 atom stereocenters. The van der Waals surface area contributed by atoms with Gasteiger partial charge in [0.05, 0.1) is 12.1 Å². The van der Waals surface area contributed by atoms with E-state index >= 15 is 0 Å². The zero-order chi connectivity index (χ0) is 14.5. The van der Waals surface area contributed by atoms with Crippen LogP contribution >= 0.6 is 0 Å². The Morgan fingerprint density at radius 2 is 2.20 bits per heavy atom. The van der Waals surface area contributed by atoms with Crippen LogP contribution in [-0.4, -0.2) is 44.1 Å². The summed E-state index contributed by atoms with van der Waals surface area (Å²) in [5, 5.41) is 20.0. The number of nitrogens with zero attached hydrogens (tertiary/aromatic N) is 2. The maximum absolute atomic E-state index is 11.8. The molecule has 0 aliphatic carbocycles. The minimum atomic E-state index is -1.16. The van der Waals surface area contributed by atoms with Gasteiger partial charge in [0.25, 0.3) is 0 Å². The van der Waals surface area contributed by atoms with Gasteiger partial charge in [0, 0.05) is 25.4 Å². The van der Waals surface area contributed by atoms with E-state index in [4.69, 9.17) is 10.2 Å². The molecule has 0 radical (unpaired) electrons. The normalized spacial score (nSPS) is 12.2. The topological polar surface area (TPSA) is 104 Å². The molecule has 20 heavy (non-hydrogen) atoms. The van der Waals surface area contributed by atoms with Crippen molar-refractivity contribution in [1.82, 2.24) is 14.7 Å². The van der Waals surface area contributed by atoms with Gasteiger partial charge in [0.1, 0.15) is 11.7 Å². The van der Waals surface area contributed by atoms with Gasteiger partial charge in [-0.1, -0.05) is 6.07 Å². The Balaban J connectivity index is 2.01. The molecular weight excluding hydrogens is 262 g/mol. The van der Waals surface area contributed by atoms with Crippen LogP contribution < -0.4 is 5.32 Å². The zero-order valence-corrected chi connectivity index (χ0v) is 10.7. The molecule has 0 aliphatic heterocycles. The molecule has 7 nitrogen and oxygen atoms in total. The summed E-state index contributed by atoms with van der Waals surface area (Å²) in [6.45, 7) is -0.300. The van der Waals surface area contributed by atoms with Crippen LogP contribution in [0.15, 0.2) is 30.6 Å². The molecule has 2 heterocycles. The van der Waals surface area contributed by atoms with E-state index in [0.717, 1.165) is 5.65 Å². The molecule has 2 aromatic heterocycles. The fourth-order valence-electron chi connectivity index (χ4n) is 1.87. The summed E-state index contributed by atoms with van der Waals surface area (Å²) in [7, 11) is 0. The van der Waals surface area contributed by atoms with Crippen molar-refractivity contribution < 1.29 is 19.8 Å². The first-order chi connectivity index (χ1) is 9.60. The molecule has 0 saturated heterocycles. The number of carbonyl (C=O) groups excluding carboxylic acids is 1. The molecule has 0 bridgehead atoms. The molecule has 3 N–H and O–H groups in total. The monoisotopic (exact) mass is 277 g/mol. The first-order valence-electron chi connectivity index (χ1n) is 6.16. The minimum Gasteiger partial charge on any atom is -0.480 e. The highest BCUT2D eigenvalue weighted by Crippen LogP contribution is 2.05. The summed E-state index contributed by atoms with van der Waals surface area (Å²) >= 11 is 0. The number of rotatable bonds is 6. The first kappa shape index (κ1) is 14.0. The van der Waals surface area contributed by atoms with Crippen molar-refractivity contribution in [3.8, 4) is 0 Å². The van der Waals surface area contributed by atoms with Gasteiger partial charge >= 0.3 is 5.97 Å². The van der Waals surface area contributed by atoms with E-state index in [1.165, 1.54) is 0 Å². The number of pyridine rings is 1. The number of carbonyl (C=O) groups is 2. The number of amides is 1. The van der Waals surface area contributed by atoms with Crippen molar-refractivity contribution in [2.75, 3.05) is 6.61 Å². The first-order valence-corrected chi connectivity index (χ1v) is 6.16. The summed E-state index contributed by atoms with van der Waals surface area (Å²) in [5.74, 6) is -1.60. The minimum absolute atomic E-state index is 0.00309. The molecular formula is C13H15N3O4. The molecule has 0 aromatic carbocycles. The third-order valence-corrected chi connectivity index (χ3v) is 2.81. The number of hydrogen-bond donors (Lipinski definition) is 3. The Kier molecular flexibility index (Phi) is 4.31. The molecule has 2 rings (SSSR count). The second-order valence-corrected chi connectivity index (χ2v) is 4.35. The highest BCUT2D eigenvalue weighted by molar-refractivity contribution is 5.84. The predicted octanol–water partition coefficient (Wildman–Crippen LogP) is -0.171. The average Bonchev–Trinajstić information content (AvgIpc) is 2.79. The van der Waals surface area contributed by atoms with Gasteiger partial charge in [-0.2, -0.15) is 0 Å². The second-order valence-electron chi connectivity index (χ2n) is 4.35. The van der Waals surface area contributed by atoms with E-state index in [2.05, 4.69) is 10.3 Å². The third-order valence-electron chi connectivity index (χ3n) is 2.81. The number of fused-ring (bicyclic) bond motifs is 1. The number of aliphatic hydroxyl groups is 1. The van der Waals surface area contributed by atoms with E-state index in [1.54, 1.807) is 10.6 Å². The van der Waals surface area contributed by atoms with Gasteiger partial charge in [-0.3, -0.25) is 4.79 Å². The number of carboxylic acid groups (broad SMARTS) is 1. The van der Waals surface area contributed by atoms with Crippen molar-refractivity contribution in [3.63, 3.8) is 0 Å². The number of aliphatic carboxylic acids is 1. The molecule has 0 unspecified atom stereocenters. The van der Waals surface area contributed by atoms with Gasteiger partial charge < -0.3 is 19.9 Å². The SMILES string of the molecule is O=C(Cc1cn2ccccc2n1)N[C@@H](CCO)C(=O)O. The van der Waals surface area contributed by atoms with Crippen LogP contribution in [-0.2, 0) is 16.0 Å². The maximum atomic E-state index is 11.8. The summed E-state index contributed by atoms with van der Waals surface area (Å²) in [4.78, 5) is 26.9. The quantitative estimate of drug-likeness (QED) is 0.680. The Hall–Kier alpha value is -2.41. The van der Waals surface area contributed by atoms with Crippen molar-refractivity contribution in [2.45, 2.75) is 18.9 Å². The van der Waals surface area contributed by atoms with Crippen molar-refractivity contribution in [1.29, 1.82) is 0 Å². The van der Waals surface area contributed by atoms with E-state index in [1.807, 2.05) is 24.4 Å². The number of hydrogen-bond acceptors (Lipinski definition) is 4. The fourth-order valence-corrected chi connectivity index (χ4v) is 1.87. The van der Waals surface area contributed by atoms with Gasteiger partial charge in [-0.15, -0.1) is 0 Å². The van der Waals surface area contributed by atoms with Crippen LogP contribution in [0.3, 0.4) is 0 Å². The lowest BCUT2D eigenvalue weighted by Crippen LogP contribution is -2.42. The van der Waals surface area contributed by atoms with Crippen molar-refractivity contribution in [3.05, 3.63) is 36.3 Å². The molecule has 0 saturated carbocycles. The van der Waals surface area contributed by atoms with Gasteiger partial charge in [-0.25, -0.2) is 9.78 Å². The summed E-state index contributed by atoms with van der Waals surface area (Å²) in [6.07, 6.45) is 3.51. The lowest BCUT2D eigenvalue weighted by Gasteiger charge is -2.12. The highest BCUT2D eigenvalue weighted by atomic mass is 16.4. The van der Waals surface area contributed by atoms with Crippen molar-refractivity contribution in [2.24, 2.45) is 0 Å². The van der Waals surface area contributed by atoms with Crippen LogP contribution in [0.1, 0.15) is 12.1 Å². The molecule has 106 valence electrons. The average molecular weight is 277 g/mol. The fraction of sp³-hybridized carbons (Fsp3) is 0.308. The Labute approximate surface area is 114 Å². The Morgan fingerprint density at radius 1 is 1.40 bits per heavy atom. The Bertz CT molecular complexity index is 590. The van der Waals surface area contributed by atoms with Crippen molar-refractivity contribution >= 4 is 17.5 Å². The van der Waals surface area contributed by atoms with Crippen LogP contribution in [0.2, 0.25) is 0 Å². The molecule has 0 spiro atoms. The van der Waals surface area contributed by atoms with Crippen LogP contribution in [0, 0.1) is 0 Å². The number of aromatic nitrogens is 2. The smallest absolute Gasteiger partial charge is 0.326 e. The zero-order valence-electron chi connectivity index (χ0n) is 10.7. The lowest BCUT2D eigenvalue weighted by atomic mass is 10.2. The molecule has 0 aliphatic rings. The largest absolute Gasteiger partial charge is 0.480 e. The Morgan fingerprint density at radius 3 is 2.85 bits per heavy atom. The van der Waals surface area contributed by atoms with E-state index in [-0.39, 0.29) is 19.4 Å². The third kappa shape index (κ3) is 3.33. The standard InChI is InChI=1S/C13H15N3O4/c17-6-4-10(13(19)20)15-12(18)7-9-8-16-5-2-1-3-11(16)14-9/h1-3,5,8,10,17H,4,6-7H2,(H,15,18)(H,19,20)/t10-/m0/s1. The number of imidazole rings is 1. The van der Waals surface area contributed by atoms with E-state index in [0.29, 0.717) is 5.69 Å². The summed E-state index contributed by atoms with van der Waals surface area (Å²) in [6, 6.07) is 4.42. The number of nitrogens with one attached hydrogen (secondary N) is 1. The van der Waals surface area contributed by atoms with Gasteiger partial charge in [-0.05, 0) is 12.1 Å². The van der Waals surface area contributed by atoms with Gasteiger partial charge in [0.15, 0.2) is 0 Å². The van der Waals surface area contributed by atoms with Gasteiger partial charge in [0.2, 0.25) is 5.91 Å². The molecule has 2 aromatic rings. The number of carboxylic acids is 1. The second kappa shape index (κ2) is 6.16. The highest BCUT2D eigenvalue weighted by Gasteiger charge is 2.19. The van der Waals surface area contributed by atoms with Crippen LogP contribution in [0.5, 0.6) is 0 Å². The summed E-state index contributed by atoms with van der Waals surface area (Å²) < 4.78 is 1.78. The van der Waals surface area contributed by atoms with E-state index in [9.17, 15) is 9.59 Å². The number of aliphatic hydroxyl groups excluding tert-OH is 1. The molecule has 0 fully saturated rings. The summed E-state index contributed by atoms with van der Waals surface area (Å²) in [5.41, 5.74) is 1.28. The maximum Gasteiger partial charge on any atom is 0.326 e. The lowest BCUT2D eigenvalue weighted by molar-refractivity contribution is -0.142.